The fraction of sp³-hybridized carbons (Fsp3) is 0.440. The molecule has 0 amide bonds. The van der Waals surface area contributed by atoms with Gasteiger partial charge in [-0.15, -0.1) is 0 Å². The topological polar surface area (TPSA) is 84.2 Å². The summed E-state index contributed by atoms with van der Waals surface area (Å²) in [7, 11) is 6.11. The minimum Gasteiger partial charge on any atom is -0.500 e. The van der Waals surface area contributed by atoms with Gasteiger partial charge in [0, 0.05) is 17.2 Å². The molecule has 0 spiro atoms. The van der Waals surface area contributed by atoms with Crippen molar-refractivity contribution in [1.29, 1.82) is 0 Å². The van der Waals surface area contributed by atoms with Gasteiger partial charge in [0.05, 0.1) is 33.9 Å². The molecule has 0 radical (unpaired) electrons. The third-order valence-corrected chi connectivity index (χ3v) is 6.31. The van der Waals surface area contributed by atoms with Crippen molar-refractivity contribution in [2.45, 2.75) is 45.4 Å². The van der Waals surface area contributed by atoms with Crippen molar-refractivity contribution >= 4 is 5.78 Å². The Bertz CT molecular complexity index is 1090. The van der Waals surface area contributed by atoms with Crippen molar-refractivity contribution in [2.75, 3.05) is 28.4 Å². The average molecular weight is 443 g/mol. The van der Waals surface area contributed by atoms with Crippen molar-refractivity contribution in [3.8, 4) is 28.6 Å². The first-order chi connectivity index (χ1) is 15.4. The van der Waals surface area contributed by atoms with E-state index in [1.807, 2.05) is 20.8 Å². The van der Waals surface area contributed by atoms with Crippen LogP contribution in [0, 0.1) is 0 Å². The number of ketones is 1. The molecule has 3 rings (SSSR count). The zero-order chi connectivity index (χ0) is 23.6. The molecule has 7 nitrogen and oxygen atoms in total. The van der Waals surface area contributed by atoms with E-state index >= 15 is 0 Å². The van der Waals surface area contributed by atoms with E-state index in [1.165, 1.54) is 27.4 Å². The third-order valence-electron chi connectivity index (χ3n) is 6.31. The number of carbonyl (C=O) groups is 1. The number of benzene rings is 1. The van der Waals surface area contributed by atoms with Crippen molar-refractivity contribution < 1.29 is 28.2 Å². The molecule has 1 aliphatic carbocycles. The van der Waals surface area contributed by atoms with Gasteiger partial charge in [0.25, 0.3) is 0 Å². The minimum atomic E-state index is -0.709. The van der Waals surface area contributed by atoms with Gasteiger partial charge in [0.2, 0.25) is 5.75 Å². The maximum atomic E-state index is 13.2. The first-order valence-corrected chi connectivity index (χ1v) is 10.7. The number of Topliss-reactive ketones (excluding diaryl/α,β-unsaturated/α-hetero) is 1. The van der Waals surface area contributed by atoms with Crippen molar-refractivity contribution in [3.63, 3.8) is 0 Å². The van der Waals surface area contributed by atoms with Crippen molar-refractivity contribution in [3.05, 3.63) is 51.1 Å². The van der Waals surface area contributed by atoms with Crippen LogP contribution in [0.2, 0.25) is 0 Å². The molecule has 0 bridgehead atoms. The quantitative estimate of drug-likeness (QED) is 0.575. The Morgan fingerprint density at radius 2 is 1.44 bits per heavy atom. The summed E-state index contributed by atoms with van der Waals surface area (Å²) in [6.07, 6.45) is 1.69. The van der Waals surface area contributed by atoms with Gasteiger partial charge in [-0.1, -0.05) is 20.8 Å². The molecule has 0 saturated carbocycles. The number of carbonyl (C=O) groups excluding carboxylic acids is 1. The summed E-state index contributed by atoms with van der Waals surface area (Å²) in [6, 6.07) is 4.76. The molecule has 7 heteroatoms. The molecular formula is C25H30O7. The van der Waals surface area contributed by atoms with Gasteiger partial charge in [-0.05, 0) is 31.4 Å². The lowest BCUT2D eigenvalue weighted by Gasteiger charge is -2.37. The second-order valence-corrected chi connectivity index (χ2v) is 7.58. The third kappa shape index (κ3) is 3.36. The van der Waals surface area contributed by atoms with Crippen LogP contribution in [0.1, 0.15) is 56.2 Å². The zero-order valence-corrected chi connectivity index (χ0v) is 19.7. The summed E-state index contributed by atoms with van der Waals surface area (Å²) in [4.78, 5) is 26.5. The molecule has 0 saturated heterocycles. The molecule has 0 fully saturated rings. The van der Waals surface area contributed by atoms with Gasteiger partial charge >= 0.3 is 0 Å². The zero-order valence-electron chi connectivity index (χ0n) is 19.7. The van der Waals surface area contributed by atoms with Gasteiger partial charge in [-0.3, -0.25) is 9.59 Å². The molecular weight excluding hydrogens is 412 g/mol. The fourth-order valence-electron chi connectivity index (χ4n) is 4.59. The monoisotopic (exact) mass is 442 g/mol. The van der Waals surface area contributed by atoms with E-state index in [-0.39, 0.29) is 16.8 Å². The molecule has 0 atom stereocenters. The van der Waals surface area contributed by atoms with Crippen LogP contribution >= 0.6 is 0 Å². The molecule has 172 valence electrons. The lowest BCUT2D eigenvalue weighted by molar-refractivity contribution is 0.0975. The van der Waals surface area contributed by atoms with Crippen LogP contribution in [-0.2, 0) is 10.2 Å². The van der Waals surface area contributed by atoms with Crippen LogP contribution in [0.4, 0.5) is 0 Å². The second-order valence-electron chi connectivity index (χ2n) is 7.58. The summed E-state index contributed by atoms with van der Waals surface area (Å²) in [5, 5.41) is 0. The van der Waals surface area contributed by atoms with Gasteiger partial charge in [-0.2, -0.15) is 0 Å². The predicted octanol–water partition coefficient (Wildman–Crippen LogP) is 4.90. The van der Waals surface area contributed by atoms with Gasteiger partial charge in [0.1, 0.15) is 22.8 Å². The number of rotatable bonds is 8. The average Bonchev–Trinajstić information content (AvgIpc) is 2.82. The van der Waals surface area contributed by atoms with Crippen LogP contribution < -0.4 is 19.6 Å². The number of ether oxygens (including phenoxy) is 4. The summed E-state index contributed by atoms with van der Waals surface area (Å²) in [5.41, 5.74) is 0.0859. The minimum absolute atomic E-state index is 0.0857. The number of fused-ring (bicyclic) bond motifs is 1. The van der Waals surface area contributed by atoms with E-state index < -0.39 is 5.41 Å². The Kier molecular flexibility index (Phi) is 6.67. The van der Waals surface area contributed by atoms with Crippen LogP contribution in [0.25, 0.3) is 11.3 Å². The number of hydrogen-bond donors (Lipinski definition) is 0. The Morgan fingerprint density at radius 1 is 0.844 bits per heavy atom. The van der Waals surface area contributed by atoms with Crippen molar-refractivity contribution in [2.24, 2.45) is 0 Å². The molecule has 1 heterocycles. The van der Waals surface area contributed by atoms with Crippen molar-refractivity contribution in [1.82, 2.24) is 0 Å². The predicted molar refractivity (Wildman–Crippen MR) is 121 cm³/mol. The van der Waals surface area contributed by atoms with Gasteiger partial charge in [0.15, 0.2) is 22.7 Å². The molecule has 32 heavy (non-hydrogen) atoms. The van der Waals surface area contributed by atoms with Crippen LogP contribution in [0.3, 0.4) is 0 Å². The highest BCUT2D eigenvalue weighted by atomic mass is 16.5. The normalized spacial score (nSPS) is 14.8. The summed E-state index contributed by atoms with van der Waals surface area (Å²) >= 11 is 0. The highest BCUT2D eigenvalue weighted by Crippen LogP contribution is 2.48. The van der Waals surface area contributed by atoms with Gasteiger partial charge < -0.3 is 23.4 Å². The van der Waals surface area contributed by atoms with E-state index in [1.54, 1.807) is 19.2 Å². The maximum Gasteiger partial charge on any atom is 0.203 e. The van der Waals surface area contributed by atoms with Crippen LogP contribution in [0.5, 0.6) is 17.2 Å². The smallest absolute Gasteiger partial charge is 0.203 e. The van der Waals surface area contributed by atoms with E-state index in [4.69, 9.17) is 23.4 Å². The van der Waals surface area contributed by atoms with Gasteiger partial charge in [-0.25, -0.2) is 0 Å². The Morgan fingerprint density at radius 3 is 1.88 bits per heavy atom. The highest BCUT2D eigenvalue weighted by molar-refractivity contribution is 6.11. The first kappa shape index (κ1) is 23.4. The summed E-state index contributed by atoms with van der Waals surface area (Å²) in [6.45, 7) is 5.89. The molecule has 1 aromatic carbocycles. The summed E-state index contributed by atoms with van der Waals surface area (Å²) in [5.74, 6) is 2.19. The van der Waals surface area contributed by atoms with E-state index in [9.17, 15) is 9.59 Å². The Labute approximate surface area is 187 Å². The number of allylic oxidation sites excluding steroid dienone is 2. The molecule has 2 aromatic rings. The molecule has 0 aliphatic heterocycles. The summed E-state index contributed by atoms with van der Waals surface area (Å²) < 4.78 is 28.4. The molecule has 1 aromatic heterocycles. The Balaban J connectivity index is 2.36. The lowest BCUT2D eigenvalue weighted by Crippen LogP contribution is -2.39. The van der Waals surface area contributed by atoms with Crippen LogP contribution in [0.15, 0.2) is 38.7 Å². The largest absolute Gasteiger partial charge is 0.500 e. The number of methoxy groups -OCH3 is 4. The molecule has 0 N–H and O–H groups in total. The SMILES string of the molecule is CCC1=C(OC)C(CC)(CC)c2oc(-c3cc(OC)c(OC)c(OC)c3)cc(=O)c2C1=O. The van der Waals surface area contributed by atoms with Crippen LogP contribution in [-0.4, -0.2) is 34.2 Å². The first-order valence-electron chi connectivity index (χ1n) is 10.7. The van der Waals surface area contributed by atoms with E-state index in [2.05, 4.69) is 0 Å². The second kappa shape index (κ2) is 9.10. The Hall–Kier alpha value is -3.22. The van der Waals surface area contributed by atoms with E-state index in [0.717, 1.165) is 0 Å². The van der Waals surface area contributed by atoms with E-state index in [0.29, 0.717) is 64.9 Å². The lowest BCUT2D eigenvalue weighted by atomic mass is 9.69. The fourth-order valence-corrected chi connectivity index (χ4v) is 4.59. The molecule has 1 aliphatic rings. The maximum absolute atomic E-state index is 13.2. The highest BCUT2D eigenvalue weighted by Gasteiger charge is 2.47. The molecule has 0 unspecified atom stereocenters. The number of hydrogen-bond acceptors (Lipinski definition) is 7. The standard InChI is InChI=1S/C25H30O7/c1-8-15-21(27)20-16(26)13-17(32-24(20)25(9-2,10-3)23(15)31-7)14-11-18(28-4)22(30-6)19(12-14)29-5/h11-13H,8-10H2,1-7H3.